The molecule has 2 unspecified atom stereocenters. The van der Waals surface area contributed by atoms with Gasteiger partial charge < -0.3 is 5.73 Å². The molecule has 0 amide bonds. The van der Waals surface area contributed by atoms with Gasteiger partial charge in [0, 0.05) is 12.8 Å². The van der Waals surface area contributed by atoms with Crippen molar-refractivity contribution in [3.8, 4) is 0 Å². The van der Waals surface area contributed by atoms with Crippen LogP contribution in [-0.4, -0.2) is 12.5 Å². The second kappa shape index (κ2) is 5.35. The van der Waals surface area contributed by atoms with Gasteiger partial charge in [-0.3, -0.25) is 0 Å². The van der Waals surface area contributed by atoms with Crippen molar-refractivity contribution in [3.05, 3.63) is 35.4 Å². The smallest absolute Gasteiger partial charge is 0.248 e. The lowest BCUT2D eigenvalue weighted by Crippen LogP contribution is -2.17. The molecule has 0 aromatic heterocycles. The minimum atomic E-state index is -2.45. The summed E-state index contributed by atoms with van der Waals surface area (Å²) in [6, 6.07) is 8.22. The fourth-order valence-corrected chi connectivity index (χ4v) is 2.94. The van der Waals surface area contributed by atoms with Crippen LogP contribution in [0, 0.1) is 12.8 Å². The first-order valence-electron chi connectivity index (χ1n) is 6.64. The molecule has 1 nitrogen and oxygen atoms in total. The van der Waals surface area contributed by atoms with Crippen molar-refractivity contribution in [2.24, 2.45) is 11.7 Å². The third-order valence-corrected chi connectivity index (χ3v) is 3.92. The molecule has 0 spiro atoms. The molecule has 1 saturated carbocycles. The maximum atomic E-state index is 13.2. The summed E-state index contributed by atoms with van der Waals surface area (Å²) in [6.07, 6.45) is 1.50. The predicted molar refractivity (Wildman–Crippen MR) is 69.9 cm³/mol. The Hall–Kier alpha value is -0.960. The summed E-state index contributed by atoms with van der Waals surface area (Å²) in [5.74, 6) is -2.12. The van der Waals surface area contributed by atoms with Gasteiger partial charge in [-0.05, 0) is 43.7 Å². The topological polar surface area (TPSA) is 26.0 Å². The Morgan fingerprint density at radius 1 is 1.44 bits per heavy atom. The van der Waals surface area contributed by atoms with E-state index in [0.717, 1.165) is 6.42 Å². The van der Waals surface area contributed by atoms with Gasteiger partial charge in [0.25, 0.3) is 0 Å². The molecule has 2 rings (SSSR count). The summed E-state index contributed by atoms with van der Waals surface area (Å²) in [7, 11) is 0. The van der Waals surface area contributed by atoms with Crippen LogP contribution in [-0.2, 0) is 0 Å². The number of benzene rings is 1. The highest BCUT2D eigenvalue weighted by Crippen LogP contribution is 2.42. The molecule has 0 radical (unpaired) electrons. The highest BCUT2D eigenvalue weighted by Gasteiger charge is 2.39. The first kappa shape index (κ1) is 13.5. The van der Waals surface area contributed by atoms with Crippen molar-refractivity contribution in [2.45, 2.75) is 44.4 Å². The van der Waals surface area contributed by atoms with E-state index in [1.54, 1.807) is 0 Å². The maximum Gasteiger partial charge on any atom is 0.248 e. The Bertz CT molecular complexity index is 403. The quantitative estimate of drug-likeness (QED) is 0.866. The van der Waals surface area contributed by atoms with E-state index in [1.807, 2.05) is 19.1 Å². The van der Waals surface area contributed by atoms with Crippen LogP contribution in [0.3, 0.4) is 0 Å². The van der Waals surface area contributed by atoms with Crippen LogP contribution < -0.4 is 5.73 Å². The zero-order valence-electron chi connectivity index (χ0n) is 10.8. The van der Waals surface area contributed by atoms with Crippen LogP contribution in [0.15, 0.2) is 24.3 Å². The average Bonchev–Trinajstić information content (AvgIpc) is 2.65. The molecular formula is C15H21F2N. The van der Waals surface area contributed by atoms with Gasteiger partial charge in [-0.25, -0.2) is 8.78 Å². The second-order valence-electron chi connectivity index (χ2n) is 5.55. The number of rotatable bonds is 4. The van der Waals surface area contributed by atoms with Gasteiger partial charge in [-0.15, -0.1) is 0 Å². The third kappa shape index (κ3) is 3.29. The largest absolute Gasteiger partial charge is 0.330 e. The molecule has 100 valence electrons. The molecule has 0 aliphatic heterocycles. The molecule has 2 N–H and O–H groups in total. The Labute approximate surface area is 107 Å². The summed E-state index contributed by atoms with van der Waals surface area (Å²) >= 11 is 0. The first-order valence-corrected chi connectivity index (χ1v) is 6.64. The van der Waals surface area contributed by atoms with Gasteiger partial charge in [0.15, 0.2) is 0 Å². The van der Waals surface area contributed by atoms with Crippen molar-refractivity contribution in [1.82, 2.24) is 0 Å². The van der Waals surface area contributed by atoms with Gasteiger partial charge in [0.1, 0.15) is 0 Å². The minimum Gasteiger partial charge on any atom is -0.330 e. The molecule has 1 aromatic rings. The highest BCUT2D eigenvalue weighted by molar-refractivity contribution is 5.25. The molecule has 1 aliphatic carbocycles. The third-order valence-electron chi connectivity index (χ3n) is 3.92. The standard InChI is InChI=1S/C15H21F2N/c1-11-3-2-4-13(7-11)14(10-18)8-12-5-6-15(16,17)9-12/h2-4,7,12,14H,5-6,8-10,18H2,1H3. The lowest BCUT2D eigenvalue weighted by atomic mass is 9.87. The SMILES string of the molecule is Cc1cccc(C(CN)CC2CCC(F)(F)C2)c1. The predicted octanol–water partition coefficient (Wildman–Crippen LogP) is 3.86. The average molecular weight is 253 g/mol. The second-order valence-corrected chi connectivity index (χ2v) is 5.55. The summed E-state index contributed by atoms with van der Waals surface area (Å²) in [5.41, 5.74) is 8.20. The van der Waals surface area contributed by atoms with E-state index in [9.17, 15) is 8.78 Å². The molecule has 2 atom stereocenters. The zero-order valence-corrected chi connectivity index (χ0v) is 10.8. The highest BCUT2D eigenvalue weighted by atomic mass is 19.3. The molecule has 1 aromatic carbocycles. The lowest BCUT2D eigenvalue weighted by molar-refractivity contribution is 0.00446. The van der Waals surface area contributed by atoms with Crippen LogP contribution in [0.2, 0.25) is 0 Å². The summed E-state index contributed by atoms with van der Waals surface area (Å²) in [6.45, 7) is 2.58. The zero-order chi connectivity index (χ0) is 13.2. The van der Waals surface area contributed by atoms with Crippen molar-refractivity contribution >= 4 is 0 Å². The molecule has 0 bridgehead atoms. The van der Waals surface area contributed by atoms with Gasteiger partial charge in [0.2, 0.25) is 5.92 Å². The number of halogens is 2. The summed E-state index contributed by atoms with van der Waals surface area (Å²) < 4.78 is 26.4. The fraction of sp³-hybridized carbons (Fsp3) is 0.600. The monoisotopic (exact) mass is 253 g/mol. The van der Waals surface area contributed by atoms with Crippen LogP contribution >= 0.6 is 0 Å². The summed E-state index contributed by atoms with van der Waals surface area (Å²) in [4.78, 5) is 0. The molecule has 1 fully saturated rings. The van der Waals surface area contributed by atoms with Crippen molar-refractivity contribution in [2.75, 3.05) is 6.54 Å². The molecule has 1 aliphatic rings. The molecule has 3 heteroatoms. The maximum absolute atomic E-state index is 13.2. The minimum absolute atomic E-state index is 0.0370. The molecule has 0 heterocycles. The van der Waals surface area contributed by atoms with Crippen LogP contribution in [0.4, 0.5) is 8.78 Å². The number of nitrogens with two attached hydrogens (primary N) is 1. The van der Waals surface area contributed by atoms with Crippen LogP contribution in [0.5, 0.6) is 0 Å². The number of hydrogen-bond acceptors (Lipinski definition) is 1. The normalized spacial score (nSPS) is 24.1. The van der Waals surface area contributed by atoms with Gasteiger partial charge >= 0.3 is 0 Å². The molecule has 18 heavy (non-hydrogen) atoms. The Balaban J connectivity index is 2.02. The van der Waals surface area contributed by atoms with Gasteiger partial charge in [0.05, 0.1) is 0 Å². The van der Waals surface area contributed by atoms with Crippen molar-refractivity contribution in [1.29, 1.82) is 0 Å². The van der Waals surface area contributed by atoms with E-state index >= 15 is 0 Å². The van der Waals surface area contributed by atoms with E-state index < -0.39 is 5.92 Å². The van der Waals surface area contributed by atoms with E-state index in [0.29, 0.717) is 13.0 Å². The van der Waals surface area contributed by atoms with Crippen molar-refractivity contribution < 1.29 is 8.78 Å². The van der Waals surface area contributed by atoms with Gasteiger partial charge in [-0.1, -0.05) is 29.8 Å². The van der Waals surface area contributed by atoms with E-state index in [-0.39, 0.29) is 24.7 Å². The lowest BCUT2D eigenvalue weighted by Gasteiger charge is -2.20. The molecule has 0 saturated heterocycles. The Morgan fingerprint density at radius 3 is 2.78 bits per heavy atom. The Morgan fingerprint density at radius 2 is 2.22 bits per heavy atom. The Kier molecular flexibility index (Phi) is 4.00. The fourth-order valence-electron chi connectivity index (χ4n) is 2.94. The first-order chi connectivity index (χ1) is 8.50. The molecular weight excluding hydrogens is 232 g/mol. The van der Waals surface area contributed by atoms with E-state index in [2.05, 4.69) is 12.1 Å². The van der Waals surface area contributed by atoms with Gasteiger partial charge in [-0.2, -0.15) is 0 Å². The number of alkyl halides is 2. The van der Waals surface area contributed by atoms with Crippen LogP contribution in [0.25, 0.3) is 0 Å². The number of aryl methyl sites for hydroxylation is 1. The number of hydrogen-bond donors (Lipinski definition) is 1. The van der Waals surface area contributed by atoms with Crippen LogP contribution in [0.1, 0.15) is 42.7 Å². The van der Waals surface area contributed by atoms with E-state index in [4.69, 9.17) is 5.73 Å². The summed E-state index contributed by atoms with van der Waals surface area (Å²) in [5, 5.41) is 0. The van der Waals surface area contributed by atoms with E-state index in [1.165, 1.54) is 11.1 Å². The van der Waals surface area contributed by atoms with Crippen molar-refractivity contribution in [3.63, 3.8) is 0 Å².